The molecule has 0 bridgehead atoms. The Morgan fingerprint density at radius 2 is 0.625 bits per heavy atom. The van der Waals surface area contributed by atoms with Gasteiger partial charge in [-0.15, -0.1) is 0 Å². The molecule has 3 nitrogen and oxygen atoms in total. The van der Waals surface area contributed by atoms with Crippen LogP contribution in [0.1, 0.15) is 0 Å². The van der Waals surface area contributed by atoms with E-state index in [1.54, 1.807) is 0 Å². The van der Waals surface area contributed by atoms with E-state index in [1.165, 1.54) is 0 Å². The van der Waals surface area contributed by atoms with Gasteiger partial charge in [0.15, 0.2) is 0 Å². The predicted molar refractivity (Wildman–Crippen MR) is 5.75 cm³/mol. The fraction of sp³-hybridized carbons (Fsp3) is 0. The summed E-state index contributed by atoms with van der Waals surface area (Å²) >= 11 is 0. The number of hydrogen-bond acceptors (Lipinski definition) is 3. The summed E-state index contributed by atoms with van der Waals surface area (Å²) in [5.41, 5.74) is 0. The van der Waals surface area contributed by atoms with Crippen molar-refractivity contribution in [2.24, 2.45) is 0 Å². The van der Waals surface area contributed by atoms with Gasteiger partial charge in [0.05, 0.1) is 0 Å². The summed E-state index contributed by atoms with van der Waals surface area (Å²) in [4.78, 5) is 0. The van der Waals surface area contributed by atoms with Crippen molar-refractivity contribution in [1.82, 2.24) is 0 Å². The van der Waals surface area contributed by atoms with Gasteiger partial charge in [0.2, 0.25) is 0 Å². The quantitative estimate of drug-likeness (QED) is 0.322. The van der Waals surface area contributed by atoms with Gasteiger partial charge in [-0.05, 0) is 0 Å². The first-order chi connectivity index (χ1) is 1.73. The molecule has 0 radical (unpaired) electrons. The molecule has 0 heterocycles. The van der Waals surface area contributed by atoms with Crippen molar-refractivity contribution in [2.45, 2.75) is 0 Å². The van der Waals surface area contributed by atoms with E-state index in [4.69, 9.17) is 15.1 Å². The summed E-state index contributed by atoms with van der Waals surface area (Å²) in [7, 11) is -2.92. The maximum atomic E-state index is 8.42. The SMILES string of the molecule is [Na+].[Na+].[Na+].[Na+].[O-]B([O-])[O-]. The summed E-state index contributed by atoms with van der Waals surface area (Å²) in [6, 6.07) is 0. The van der Waals surface area contributed by atoms with E-state index in [0.29, 0.717) is 0 Å². The summed E-state index contributed by atoms with van der Waals surface area (Å²) in [5, 5.41) is 25.2. The molecule has 0 atom stereocenters. The Labute approximate surface area is 137 Å². The second kappa shape index (κ2) is 22.4. The molecule has 0 N–H and O–H groups in total. The smallest absolute Gasteiger partial charge is 0.907 e. The van der Waals surface area contributed by atoms with Crippen LogP contribution >= 0.6 is 0 Å². The van der Waals surface area contributed by atoms with E-state index >= 15 is 0 Å². The summed E-state index contributed by atoms with van der Waals surface area (Å²) in [6.07, 6.45) is 0. The van der Waals surface area contributed by atoms with Gasteiger partial charge < -0.3 is 15.1 Å². The van der Waals surface area contributed by atoms with E-state index in [1.807, 2.05) is 0 Å². The van der Waals surface area contributed by atoms with Crippen LogP contribution < -0.4 is 133 Å². The molecule has 24 valence electrons. The topological polar surface area (TPSA) is 69.2 Å². The minimum atomic E-state index is -2.92. The van der Waals surface area contributed by atoms with E-state index in [9.17, 15) is 0 Å². The van der Waals surface area contributed by atoms with Gasteiger partial charge in [-0.2, -0.15) is 0 Å². The zero-order valence-corrected chi connectivity index (χ0v) is 13.8. The fourth-order valence-electron chi connectivity index (χ4n) is 0. The summed E-state index contributed by atoms with van der Waals surface area (Å²) < 4.78 is 0. The minimum Gasteiger partial charge on any atom is -0.907 e. The van der Waals surface area contributed by atoms with Crippen LogP contribution in [-0.2, 0) is 0 Å². The van der Waals surface area contributed by atoms with E-state index in [0.717, 1.165) is 0 Å². The van der Waals surface area contributed by atoms with Crippen LogP contribution in [0.2, 0.25) is 0 Å². The van der Waals surface area contributed by atoms with Crippen LogP contribution in [0.4, 0.5) is 0 Å². The van der Waals surface area contributed by atoms with Crippen molar-refractivity contribution in [2.75, 3.05) is 0 Å². The van der Waals surface area contributed by atoms with Crippen molar-refractivity contribution < 1.29 is 133 Å². The maximum Gasteiger partial charge on any atom is 1.00 e. The van der Waals surface area contributed by atoms with Crippen LogP contribution in [0.5, 0.6) is 0 Å². The van der Waals surface area contributed by atoms with Crippen LogP contribution in [0.15, 0.2) is 0 Å². The molecule has 0 aliphatic rings. The van der Waals surface area contributed by atoms with Crippen molar-refractivity contribution in [3.8, 4) is 0 Å². The first kappa shape index (κ1) is 29.7. The molecule has 0 saturated carbocycles. The fourth-order valence-corrected chi connectivity index (χ4v) is 0. The predicted octanol–water partition coefficient (Wildman–Crippen LogP) is -15.9. The van der Waals surface area contributed by atoms with Gasteiger partial charge in [0, 0.05) is 0 Å². The molecule has 0 aromatic carbocycles. The van der Waals surface area contributed by atoms with Gasteiger partial charge in [0.1, 0.15) is 0 Å². The molecule has 0 rings (SSSR count). The van der Waals surface area contributed by atoms with E-state index in [2.05, 4.69) is 0 Å². The van der Waals surface area contributed by atoms with Crippen molar-refractivity contribution in [3.63, 3.8) is 0 Å². The third-order valence-electron chi connectivity index (χ3n) is 0. The molecule has 0 saturated heterocycles. The van der Waals surface area contributed by atoms with Crippen LogP contribution in [0, 0.1) is 0 Å². The zero-order chi connectivity index (χ0) is 3.58. The first-order valence-corrected chi connectivity index (χ1v) is 0.707. The number of hydrogen-bond donors (Lipinski definition) is 0. The van der Waals surface area contributed by atoms with Crippen LogP contribution in [0.25, 0.3) is 0 Å². The van der Waals surface area contributed by atoms with Gasteiger partial charge in [-0.1, -0.05) is 0 Å². The molecule has 0 aliphatic heterocycles. The summed E-state index contributed by atoms with van der Waals surface area (Å²) in [6.45, 7) is 0. The second-order valence-electron chi connectivity index (χ2n) is 0.289. The zero-order valence-electron chi connectivity index (χ0n) is 5.80. The average molecular weight is 151 g/mol. The Hall–Kier alpha value is 3.94. The van der Waals surface area contributed by atoms with Gasteiger partial charge in [0.25, 0.3) is 0 Å². The molecule has 0 aromatic rings. The molecular formula is BNa4O3+. The summed E-state index contributed by atoms with van der Waals surface area (Å²) in [5.74, 6) is 0. The van der Waals surface area contributed by atoms with E-state index < -0.39 is 7.32 Å². The third-order valence-corrected chi connectivity index (χ3v) is 0. The Kier molecular flexibility index (Phi) is 83.2. The van der Waals surface area contributed by atoms with Crippen molar-refractivity contribution in [1.29, 1.82) is 0 Å². The average Bonchev–Trinajstić information content (AvgIpc) is 0.811. The van der Waals surface area contributed by atoms with E-state index in [-0.39, 0.29) is 118 Å². The minimum absolute atomic E-state index is 0. The Bertz CT molecular complexity index is 16.0. The molecule has 0 aromatic heterocycles. The normalized spacial score (nSPS) is 3.38. The molecule has 0 amide bonds. The molecule has 8 heavy (non-hydrogen) atoms. The standard InChI is InChI=1S/BO3.4Na/c2-1(3)4;;;;/q-3;4*+1. The Morgan fingerprint density at radius 3 is 0.625 bits per heavy atom. The van der Waals surface area contributed by atoms with Crippen molar-refractivity contribution >= 4 is 7.32 Å². The molecule has 0 aliphatic carbocycles. The largest absolute Gasteiger partial charge is 1.00 e. The van der Waals surface area contributed by atoms with Crippen molar-refractivity contribution in [3.05, 3.63) is 0 Å². The monoisotopic (exact) mass is 151 g/mol. The molecule has 0 spiro atoms. The van der Waals surface area contributed by atoms with Crippen LogP contribution in [-0.4, -0.2) is 7.32 Å². The molecular weight excluding hydrogens is 151 g/mol. The Balaban J connectivity index is -0.00000000750. The second-order valence-corrected chi connectivity index (χ2v) is 0.289. The van der Waals surface area contributed by atoms with Gasteiger partial charge in [-0.3, -0.25) is 7.32 Å². The Morgan fingerprint density at radius 1 is 0.625 bits per heavy atom. The number of rotatable bonds is 0. The van der Waals surface area contributed by atoms with Gasteiger partial charge in [-0.25, -0.2) is 0 Å². The van der Waals surface area contributed by atoms with Crippen LogP contribution in [0.3, 0.4) is 0 Å². The first-order valence-electron chi connectivity index (χ1n) is 0.707. The van der Waals surface area contributed by atoms with Gasteiger partial charge >= 0.3 is 118 Å². The molecule has 8 heteroatoms. The third kappa shape index (κ3) is 51.1. The maximum absolute atomic E-state index is 8.42. The molecule has 0 unspecified atom stereocenters. The molecule has 0 fully saturated rings.